The topological polar surface area (TPSA) is 29.5 Å². The van der Waals surface area contributed by atoms with E-state index < -0.39 is 14.4 Å². The molecule has 0 fully saturated rings. The van der Waals surface area contributed by atoms with Crippen molar-refractivity contribution in [1.82, 2.24) is 0 Å². The molecule has 2 nitrogen and oxygen atoms in total. The van der Waals surface area contributed by atoms with Gasteiger partial charge >= 0.3 is 0 Å². The highest BCUT2D eigenvalue weighted by molar-refractivity contribution is 6.99. The van der Waals surface area contributed by atoms with Crippen LogP contribution in [0.2, 0.25) is 5.04 Å². The summed E-state index contributed by atoms with van der Waals surface area (Å²) in [7, 11) is -2.59. The first-order valence-corrected chi connectivity index (χ1v) is 11.9. The maximum Gasteiger partial charge on any atom is 0.261 e. The second kappa shape index (κ2) is 10.0. The predicted octanol–water partition coefficient (Wildman–Crippen LogP) is 4.84. The average Bonchev–Trinajstić information content (AvgIpc) is 2.67. The molecule has 0 amide bonds. The summed E-state index contributed by atoms with van der Waals surface area (Å²) in [5, 5.41) is 13.0. The summed E-state index contributed by atoms with van der Waals surface area (Å²) in [6.07, 6.45) is 3.64. The van der Waals surface area contributed by atoms with E-state index in [-0.39, 0.29) is 5.04 Å². The third-order valence-corrected chi connectivity index (χ3v) is 10.1. The fraction of sp³-hybridized carbons (Fsp3) is 0.360. The van der Waals surface area contributed by atoms with Crippen molar-refractivity contribution in [1.29, 1.82) is 0 Å². The van der Waals surface area contributed by atoms with Crippen LogP contribution in [0, 0.1) is 0 Å². The molecule has 1 unspecified atom stereocenters. The van der Waals surface area contributed by atoms with Crippen LogP contribution in [0.25, 0.3) is 0 Å². The molecule has 0 heterocycles. The summed E-state index contributed by atoms with van der Waals surface area (Å²) < 4.78 is 6.76. The molecule has 0 spiro atoms. The predicted molar refractivity (Wildman–Crippen MR) is 123 cm³/mol. The van der Waals surface area contributed by atoms with Crippen LogP contribution in [-0.2, 0) is 4.43 Å². The molecule has 150 valence electrons. The van der Waals surface area contributed by atoms with Crippen molar-refractivity contribution in [2.75, 3.05) is 6.61 Å². The number of benzene rings is 2. The van der Waals surface area contributed by atoms with E-state index >= 15 is 0 Å². The first-order chi connectivity index (χ1) is 13.3. The molecule has 0 aromatic heterocycles. The fourth-order valence-corrected chi connectivity index (χ4v) is 8.38. The van der Waals surface area contributed by atoms with Crippen LogP contribution in [0.15, 0.2) is 85.5 Å². The Hall–Kier alpha value is -1.94. The van der Waals surface area contributed by atoms with E-state index in [9.17, 15) is 5.11 Å². The third kappa shape index (κ3) is 5.31. The molecule has 0 aliphatic heterocycles. The molecular weight excluding hydrogens is 360 g/mol. The van der Waals surface area contributed by atoms with Crippen molar-refractivity contribution in [2.24, 2.45) is 0 Å². The van der Waals surface area contributed by atoms with Crippen molar-refractivity contribution in [3.05, 3.63) is 85.5 Å². The normalized spacial score (nSPS) is 13.1. The molecule has 1 N–H and O–H groups in total. The lowest BCUT2D eigenvalue weighted by molar-refractivity contribution is 0.102. The number of aliphatic hydroxyl groups excluding tert-OH is 1. The van der Waals surface area contributed by atoms with Crippen molar-refractivity contribution in [3.8, 4) is 0 Å². The lowest BCUT2D eigenvalue weighted by Gasteiger charge is -2.43. The largest absolute Gasteiger partial charge is 0.405 e. The first-order valence-electron chi connectivity index (χ1n) is 10.0. The van der Waals surface area contributed by atoms with Gasteiger partial charge in [-0.05, 0) is 34.7 Å². The van der Waals surface area contributed by atoms with Gasteiger partial charge in [-0.1, -0.05) is 99.7 Å². The highest BCUT2D eigenvalue weighted by Crippen LogP contribution is 2.36. The fourth-order valence-electron chi connectivity index (χ4n) is 3.78. The zero-order valence-electron chi connectivity index (χ0n) is 17.5. The minimum Gasteiger partial charge on any atom is -0.405 e. The van der Waals surface area contributed by atoms with Gasteiger partial charge in [-0.15, -0.1) is 6.58 Å². The summed E-state index contributed by atoms with van der Waals surface area (Å²) in [4.78, 5) is 0. The van der Waals surface area contributed by atoms with Gasteiger partial charge in [0.15, 0.2) is 0 Å². The average molecular weight is 395 g/mol. The molecule has 1 atom stereocenters. The Kier molecular flexibility index (Phi) is 7.99. The molecule has 28 heavy (non-hydrogen) atoms. The van der Waals surface area contributed by atoms with E-state index in [1.54, 1.807) is 0 Å². The molecule has 2 aromatic carbocycles. The summed E-state index contributed by atoms with van der Waals surface area (Å²) in [5.74, 6) is 0. The Balaban J connectivity index is 2.34. The lowest BCUT2D eigenvalue weighted by atomic mass is 10.1. The number of aliphatic hydroxyl groups is 1. The van der Waals surface area contributed by atoms with Crippen LogP contribution < -0.4 is 10.4 Å². The van der Waals surface area contributed by atoms with E-state index in [1.165, 1.54) is 10.4 Å². The Morgan fingerprint density at radius 3 is 1.96 bits per heavy atom. The molecule has 0 saturated heterocycles. The van der Waals surface area contributed by atoms with Gasteiger partial charge in [0, 0.05) is 0 Å². The van der Waals surface area contributed by atoms with Crippen molar-refractivity contribution >= 4 is 18.7 Å². The van der Waals surface area contributed by atoms with Gasteiger partial charge in [-0.2, -0.15) is 0 Å². The highest BCUT2D eigenvalue weighted by atomic mass is 28.4. The highest BCUT2D eigenvalue weighted by Gasteiger charge is 2.50. The third-order valence-electron chi connectivity index (χ3n) is 5.14. The lowest BCUT2D eigenvalue weighted by Crippen LogP contribution is -2.67. The van der Waals surface area contributed by atoms with Crippen LogP contribution in [0.5, 0.6) is 0 Å². The van der Waals surface area contributed by atoms with Crippen LogP contribution in [0.3, 0.4) is 0 Å². The van der Waals surface area contributed by atoms with Gasteiger partial charge in [0.1, 0.15) is 0 Å². The standard InChI is InChI=1S/C25H34O2Si/c1-6-7-14-21(2)19-22(26)20-27-28(25(3,4)5,23-15-10-8-11-16-23)24-17-12-9-13-18-24/h6,8-13,15-18,22,26H,1-2,7,14,19-20H2,3-5H3. The van der Waals surface area contributed by atoms with Gasteiger partial charge in [0.25, 0.3) is 8.32 Å². The van der Waals surface area contributed by atoms with E-state index in [0.29, 0.717) is 13.0 Å². The van der Waals surface area contributed by atoms with Crippen LogP contribution in [0.1, 0.15) is 40.0 Å². The van der Waals surface area contributed by atoms with E-state index in [4.69, 9.17) is 4.43 Å². The number of hydrogen-bond acceptors (Lipinski definition) is 2. The number of allylic oxidation sites excluding steroid dienone is 1. The molecule has 0 bridgehead atoms. The van der Waals surface area contributed by atoms with Crippen molar-refractivity contribution < 1.29 is 9.53 Å². The number of rotatable bonds is 10. The monoisotopic (exact) mass is 394 g/mol. The van der Waals surface area contributed by atoms with Gasteiger partial charge < -0.3 is 9.53 Å². The summed E-state index contributed by atoms with van der Waals surface area (Å²) in [6, 6.07) is 21.0. The zero-order valence-corrected chi connectivity index (χ0v) is 18.5. The Morgan fingerprint density at radius 2 is 1.54 bits per heavy atom. The van der Waals surface area contributed by atoms with Gasteiger partial charge in [0.05, 0.1) is 12.7 Å². The maximum absolute atomic E-state index is 10.7. The first kappa shape index (κ1) is 22.3. The molecule has 2 aromatic rings. The Labute approximate surface area is 171 Å². The molecule has 0 aliphatic carbocycles. The smallest absolute Gasteiger partial charge is 0.261 e. The molecule has 0 radical (unpaired) electrons. The van der Waals surface area contributed by atoms with Gasteiger partial charge in [0.2, 0.25) is 0 Å². The van der Waals surface area contributed by atoms with Crippen LogP contribution in [-0.4, -0.2) is 26.1 Å². The van der Waals surface area contributed by atoms with E-state index in [1.807, 2.05) is 18.2 Å². The van der Waals surface area contributed by atoms with Crippen molar-refractivity contribution in [2.45, 2.75) is 51.2 Å². The van der Waals surface area contributed by atoms with E-state index in [0.717, 1.165) is 18.4 Å². The quantitative estimate of drug-likeness (QED) is 0.462. The summed E-state index contributed by atoms with van der Waals surface area (Å²) >= 11 is 0. The molecule has 0 aliphatic rings. The Bertz CT molecular complexity index is 708. The maximum atomic E-state index is 10.7. The summed E-state index contributed by atoms with van der Waals surface area (Å²) in [6.45, 7) is 14.9. The van der Waals surface area contributed by atoms with Gasteiger partial charge in [-0.25, -0.2) is 0 Å². The second-order valence-corrected chi connectivity index (χ2v) is 12.7. The van der Waals surface area contributed by atoms with Crippen molar-refractivity contribution in [3.63, 3.8) is 0 Å². The minimum atomic E-state index is -2.59. The number of hydrogen-bond donors (Lipinski definition) is 1. The van der Waals surface area contributed by atoms with Crippen LogP contribution >= 0.6 is 0 Å². The molecule has 3 heteroatoms. The SMILES string of the molecule is C=CCCC(=C)CC(O)CO[Si](c1ccccc1)(c1ccccc1)C(C)(C)C. The van der Waals surface area contributed by atoms with E-state index in [2.05, 4.69) is 82.5 Å². The summed E-state index contributed by atoms with van der Waals surface area (Å²) in [5.41, 5.74) is 1.04. The van der Waals surface area contributed by atoms with Crippen LogP contribution in [0.4, 0.5) is 0 Å². The molecular formula is C25H34O2Si. The van der Waals surface area contributed by atoms with Gasteiger partial charge in [-0.3, -0.25) is 0 Å². The molecule has 2 rings (SSSR count). The second-order valence-electron chi connectivity index (χ2n) is 8.41. The zero-order chi connectivity index (χ0) is 20.6. The molecule has 0 saturated carbocycles. The Morgan fingerprint density at radius 1 is 1.04 bits per heavy atom. The minimum absolute atomic E-state index is 0.0880.